The molecule has 7 nitrogen and oxygen atoms in total. The SMILES string of the molecule is CC(C)(C)C(=O)NCCCC(=O)Nc1ccc2c(ccn2CC(=O)O)c1. The number of carbonyl (C=O) groups is 3. The van der Waals surface area contributed by atoms with Crippen LogP contribution >= 0.6 is 0 Å². The van der Waals surface area contributed by atoms with Gasteiger partial charge >= 0.3 is 5.97 Å². The molecule has 0 bridgehead atoms. The van der Waals surface area contributed by atoms with Gasteiger partial charge in [-0.1, -0.05) is 20.8 Å². The fraction of sp³-hybridized carbons (Fsp3) is 0.421. The lowest BCUT2D eigenvalue weighted by Crippen LogP contribution is -2.35. The molecule has 0 aliphatic heterocycles. The summed E-state index contributed by atoms with van der Waals surface area (Å²) in [5, 5.41) is 15.4. The number of anilines is 1. The second kappa shape index (κ2) is 8.03. The fourth-order valence-electron chi connectivity index (χ4n) is 2.50. The second-order valence-electron chi connectivity index (χ2n) is 7.27. The van der Waals surface area contributed by atoms with E-state index < -0.39 is 11.4 Å². The van der Waals surface area contributed by atoms with E-state index in [9.17, 15) is 14.4 Å². The molecule has 1 heterocycles. The first-order chi connectivity index (χ1) is 12.2. The van der Waals surface area contributed by atoms with E-state index in [0.29, 0.717) is 25.1 Å². The van der Waals surface area contributed by atoms with Crippen LogP contribution in [-0.2, 0) is 20.9 Å². The maximum atomic E-state index is 12.0. The van der Waals surface area contributed by atoms with Crippen molar-refractivity contribution in [1.29, 1.82) is 0 Å². The Kier molecular flexibility index (Phi) is 6.02. The molecule has 0 aliphatic carbocycles. The first-order valence-corrected chi connectivity index (χ1v) is 8.55. The van der Waals surface area contributed by atoms with Crippen LogP contribution < -0.4 is 10.6 Å². The number of nitrogens with one attached hydrogen (secondary N) is 2. The van der Waals surface area contributed by atoms with Gasteiger partial charge in [-0.15, -0.1) is 0 Å². The smallest absolute Gasteiger partial charge is 0.323 e. The minimum atomic E-state index is -0.904. The van der Waals surface area contributed by atoms with E-state index >= 15 is 0 Å². The molecule has 2 aromatic rings. The molecule has 0 atom stereocenters. The number of hydrogen-bond acceptors (Lipinski definition) is 3. The number of nitrogens with zero attached hydrogens (tertiary/aromatic N) is 1. The van der Waals surface area contributed by atoms with E-state index in [0.717, 1.165) is 10.9 Å². The molecule has 0 spiro atoms. The monoisotopic (exact) mass is 359 g/mol. The van der Waals surface area contributed by atoms with Crippen LogP contribution in [0, 0.1) is 5.41 Å². The van der Waals surface area contributed by atoms with Crippen molar-refractivity contribution in [2.45, 2.75) is 40.2 Å². The van der Waals surface area contributed by atoms with Gasteiger partial charge in [-0.3, -0.25) is 14.4 Å². The summed E-state index contributed by atoms with van der Waals surface area (Å²) in [5.41, 5.74) is 1.03. The van der Waals surface area contributed by atoms with Crippen molar-refractivity contribution in [1.82, 2.24) is 9.88 Å². The predicted molar refractivity (Wildman–Crippen MR) is 99.9 cm³/mol. The summed E-state index contributed by atoms with van der Waals surface area (Å²) >= 11 is 0. The Morgan fingerprint density at radius 1 is 1.15 bits per heavy atom. The van der Waals surface area contributed by atoms with Crippen molar-refractivity contribution in [3.05, 3.63) is 30.5 Å². The van der Waals surface area contributed by atoms with E-state index in [4.69, 9.17) is 5.11 Å². The normalized spacial score (nSPS) is 11.3. The maximum absolute atomic E-state index is 12.0. The number of rotatable bonds is 7. The zero-order valence-electron chi connectivity index (χ0n) is 15.3. The van der Waals surface area contributed by atoms with Crippen molar-refractivity contribution in [3.63, 3.8) is 0 Å². The van der Waals surface area contributed by atoms with Gasteiger partial charge < -0.3 is 20.3 Å². The molecule has 0 saturated heterocycles. The van der Waals surface area contributed by atoms with Crippen molar-refractivity contribution in [2.75, 3.05) is 11.9 Å². The van der Waals surface area contributed by atoms with Crippen LogP contribution in [0.4, 0.5) is 5.69 Å². The highest BCUT2D eigenvalue weighted by Crippen LogP contribution is 2.21. The van der Waals surface area contributed by atoms with Gasteiger partial charge in [-0.25, -0.2) is 0 Å². The van der Waals surface area contributed by atoms with Crippen LogP contribution in [0.25, 0.3) is 10.9 Å². The maximum Gasteiger partial charge on any atom is 0.323 e. The molecular weight excluding hydrogens is 334 g/mol. The Morgan fingerprint density at radius 2 is 1.88 bits per heavy atom. The lowest BCUT2D eigenvalue weighted by Gasteiger charge is -2.17. The number of aromatic nitrogens is 1. The molecule has 0 saturated carbocycles. The van der Waals surface area contributed by atoms with Gasteiger partial charge in [-0.05, 0) is 30.7 Å². The molecular formula is C19H25N3O4. The Bertz CT molecular complexity index is 818. The summed E-state index contributed by atoms with van der Waals surface area (Å²) in [6.45, 7) is 5.88. The van der Waals surface area contributed by atoms with E-state index in [-0.39, 0.29) is 18.4 Å². The quantitative estimate of drug-likeness (QED) is 0.662. The van der Waals surface area contributed by atoms with E-state index in [1.54, 1.807) is 22.9 Å². The summed E-state index contributed by atoms with van der Waals surface area (Å²) in [4.78, 5) is 34.6. The number of hydrogen-bond donors (Lipinski definition) is 3. The first-order valence-electron chi connectivity index (χ1n) is 8.55. The Balaban J connectivity index is 1.85. The van der Waals surface area contributed by atoms with Crippen LogP contribution in [-0.4, -0.2) is 34.0 Å². The molecule has 2 amide bonds. The van der Waals surface area contributed by atoms with Crippen molar-refractivity contribution < 1.29 is 19.5 Å². The molecule has 3 N–H and O–H groups in total. The van der Waals surface area contributed by atoms with E-state index in [1.165, 1.54) is 0 Å². The molecule has 2 rings (SSSR count). The Hall–Kier alpha value is -2.83. The molecule has 1 aromatic carbocycles. The van der Waals surface area contributed by atoms with Gasteiger partial charge in [0.15, 0.2) is 0 Å². The Morgan fingerprint density at radius 3 is 2.54 bits per heavy atom. The van der Waals surface area contributed by atoms with Crippen molar-refractivity contribution in [3.8, 4) is 0 Å². The van der Waals surface area contributed by atoms with Gasteiger partial charge in [0.1, 0.15) is 6.54 Å². The summed E-state index contributed by atoms with van der Waals surface area (Å²) in [6.07, 6.45) is 2.58. The molecule has 0 aliphatic rings. The molecule has 26 heavy (non-hydrogen) atoms. The third kappa shape index (κ3) is 5.34. The lowest BCUT2D eigenvalue weighted by molar-refractivity contribution is -0.137. The minimum absolute atomic E-state index is 0.0331. The average molecular weight is 359 g/mol. The molecule has 7 heteroatoms. The van der Waals surface area contributed by atoms with Crippen LogP contribution in [0.3, 0.4) is 0 Å². The molecule has 0 radical (unpaired) electrons. The highest BCUT2D eigenvalue weighted by molar-refractivity contribution is 5.94. The minimum Gasteiger partial charge on any atom is -0.480 e. The van der Waals surface area contributed by atoms with E-state index in [1.807, 2.05) is 32.9 Å². The highest BCUT2D eigenvalue weighted by atomic mass is 16.4. The van der Waals surface area contributed by atoms with Crippen LogP contribution in [0.15, 0.2) is 30.5 Å². The van der Waals surface area contributed by atoms with Gasteiger partial charge in [0.2, 0.25) is 11.8 Å². The standard InChI is InChI=1S/C19H25N3O4/c1-19(2,3)18(26)20-9-4-5-16(23)21-14-6-7-15-13(11-14)8-10-22(15)12-17(24)25/h6-8,10-11H,4-5,9,12H2,1-3H3,(H,20,26)(H,21,23)(H,24,25). The largest absolute Gasteiger partial charge is 0.480 e. The molecule has 1 aromatic heterocycles. The molecule has 140 valence electrons. The third-order valence-corrected chi connectivity index (χ3v) is 3.91. The van der Waals surface area contributed by atoms with Crippen LogP contribution in [0.1, 0.15) is 33.6 Å². The van der Waals surface area contributed by atoms with E-state index in [2.05, 4.69) is 10.6 Å². The number of carbonyl (C=O) groups excluding carboxylic acids is 2. The van der Waals surface area contributed by atoms with Gasteiger partial charge in [0.05, 0.1) is 0 Å². The zero-order chi connectivity index (χ0) is 19.3. The van der Waals surface area contributed by atoms with Crippen molar-refractivity contribution >= 4 is 34.4 Å². The molecule has 0 unspecified atom stereocenters. The number of carboxylic acid groups (broad SMARTS) is 1. The third-order valence-electron chi connectivity index (χ3n) is 3.91. The summed E-state index contributed by atoms with van der Waals surface area (Å²) in [7, 11) is 0. The average Bonchev–Trinajstić information content (AvgIpc) is 2.92. The van der Waals surface area contributed by atoms with Crippen LogP contribution in [0.5, 0.6) is 0 Å². The van der Waals surface area contributed by atoms with Gasteiger partial charge in [0.25, 0.3) is 0 Å². The predicted octanol–water partition coefficient (Wildman–Crippen LogP) is 2.61. The topological polar surface area (TPSA) is 100 Å². The number of amides is 2. The van der Waals surface area contributed by atoms with Gasteiger partial charge in [-0.2, -0.15) is 0 Å². The Labute approximate surface area is 152 Å². The summed E-state index contributed by atoms with van der Waals surface area (Å²) in [5.74, 6) is -1.06. The second-order valence-corrected chi connectivity index (χ2v) is 7.27. The zero-order valence-corrected chi connectivity index (χ0v) is 15.3. The lowest BCUT2D eigenvalue weighted by atomic mass is 9.96. The van der Waals surface area contributed by atoms with Crippen molar-refractivity contribution in [2.24, 2.45) is 5.41 Å². The number of benzene rings is 1. The number of carboxylic acids is 1. The fourth-order valence-corrected chi connectivity index (χ4v) is 2.50. The van der Waals surface area contributed by atoms with Gasteiger partial charge in [0, 0.05) is 41.2 Å². The van der Waals surface area contributed by atoms with Crippen LogP contribution in [0.2, 0.25) is 0 Å². The first kappa shape index (κ1) is 19.5. The summed E-state index contributed by atoms with van der Waals surface area (Å²) in [6, 6.07) is 7.17. The number of fused-ring (bicyclic) bond motifs is 1. The molecule has 0 fully saturated rings. The summed E-state index contributed by atoms with van der Waals surface area (Å²) < 4.78 is 1.64. The number of aliphatic carboxylic acids is 1. The highest BCUT2D eigenvalue weighted by Gasteiger charge is 2.20.